The number of anilines is 1. The van der Waals surface area contributed by atoms with Crippen molar-refractivity contribution in [1.29, 1.82) is 0 Å². The van der Waals surface area contributed by atoms with E-state index in [1.807, 2.05) is 0 Å². The molecule has 1 amide bonds. The lowest BCUT2D eigenvalue weighted by atomic mass is 10.1. The Labute approximate surface area is 104 Å². The van der Waals surface area contributed by atoms with Gasteiger partial charge in [0.15, 0.2) is 0 Å². The van der Waals surface area contributed by atoms with E-state index >= 15 is 0 Å². The predicted molar refractivity (Wildman–Crippen MR) is 65.1 cm³/mol. The van der Waals surface area contributed by atoms with Gasteiger partial charge in [-0.2, -0.15) is 0 Å². The van der Waals surface area contributed by atoms with Gasteiger partial charge in [0.1, 0.15) is 6.04 Å². The lowest BCUT2D eigenvalue weighted by Gasteiger charge is -2.21. The topological polar surface area (TPSA) is 83.6 Å². The molecule has 92 valence electrons. The quantitative estimate of drug-likeness (QED) is 0.802. The minimum absolute atomic E-state index is 0.286. The van der Waals surface area contributed by atoms with Crippen molar-refractivity contribution in [2.45, 2.75) is 13.0 Å². The highest BCUT2D eigenvalue weighted by Gasteiger charge is 2.22. The molecular weight excluding hydrogens is 244 g/mol. The van der Waals surface area contributed by atoms with Gasteiger partial charge >= 0.3 is 5.97 Å². The molecule has 3 N–H and O–H groups in total. The number of carbonyl (C=O) groups is 2. The Bertz CT molecular complexity index is 462. The number of nitrogen functional groups attached to an aromatic ring is 1. The first-order valence-electron chi connectivity index (χ1n) is 4.89. The summed E-state index contributed by atoms with van der Waals surface area (Å²) >= 11 is 5.73. The summed E-state index contributed by atoms with van der Waals surface area (Å²) in [6, 6.07) is 3.53. The second-order valence-corrected chi connectivity index (χ2v) is 4.07. The van der Waals surface area contributed by atoms with E-state index in [1.165, 1.54) is 32.2 Å². The number of aliphatic carboxylic acids is 1. The summed E-state index contributed by atoms with van der Waals surface area (Å²) in [6.07, 6.45) is 0. The molecule has 5 nitrogen and oxygen atoms in total. The van der Waals surface area contributed by atoms with Crippen molar-refractivity contribution in [3.63, 3.8) is 0 Å². The Balaban J connectivity index is 2.96. The molecule has 0 saturated carbocycles. The van der Waals surface area contributed by atoms with Crippen molar-refractivity contribution >= 4 is 29.2 Å². The number of hydrogen-bond acceptors (Lipinski definition) is 3. The largest absolute Gasteiger partial charge is 0.480 e. The van der Waals surface area contributed by atoms with E-state index in [2.05, 4.69) is 0 Å². The van der Waals surface area contributed by atoms with Crippen LogP contribution in [0.25, 0.3) is 0 Å². The highest BCUT2D eigenvalue weighted by atomic mass is 35.5. The van der Waals surface area contributed by atoms with Crippen LogP contribution in [0, 0.1) is 0 Å². The zero-order chi connectivity index (χ0) is 13.2. The molecule has 0 aliphatic heterocycles. The van der Waals surface area contributed by atoms with Gasteiger partial charge < -0.3 is 15.7 Å². The van der Waals surface area contributed by atoms with Crippen molar-refractivity contribution in [3.8, 4) is 0 Å². The number of benzene rings is 1. The summed E-state index contributed by atoms with van der Waals surface area (Å²) in [5.74, 6) is -1.48. The second-order valence-electron chi connectivity index (χ2n) is 3.67. The fourth-order valence-corrected chi connectivity index (χ4v) is 1.34. The lowest BCUT2D eigenvalue weighted by Crippen LogP contribution is -2.40. The van der Waals surface area contributed by atoms with Crippen LogP contribution in [0.1, 0.15) is 17.3 Å². The van der Waals surface area contributed by atoms with Crippen LogP contribution in [0.15, 0.2) is 18.2 Å². The smallest absolute Gasteiger partial charge is 0.326 e. The van der Waals surface area contributed by atoms with Crippen molar-refractivity contribution in [3.05, 3.63) is 28.8 Å². The summed E-state index contributed by atoms with van der Waals surface area (Å²) in [5, 5.41) is 9.16. The van der Waals surface area contributed by atoms with Gasteiger partial charge in [0.2, 0.25) is 0 Å². The van der Waals surface area contributed by atoms with E-state index in [-0.39, 0.29) is 5.69 Å². The number of hydrogen-bond donors (Lipinski definition) is 2. The molecule has 0 aliphatic rings. The summed E-state index contributed by atoms with van der Waals surface area (Å²) in [7, 11) is 1.42. The maximum Gasteiger partial charge on any atom is 0.326 e. The average Bonchev–Trinajstić information content (AvgIpc) is 2.29. The molecule has 1 atom stereocenters. The molecule has 1 rings (SSSR count). The maximum absolute atomic E-state index is 11.9. The molecule has 17 heavy (non-hydrogen) atoms. The van der Waals surface area contributed by atoms with E-state index in [1.54, 1.807) is 0 Å². The molecule has 1 aromatic carbocycles. The average molecular weight is 257 g/mol. The Morgan fingerprint density at radius 1 is 1.47 bits per heavy atom. The van der Waals surface area contributed by atoms with Gasteiger partial charge in [-0.3, -0.25) is 4.79 Å². The molecule has 0 aromatic heterocycles. The van der Waals surface area contributed by atoms with E-state index in [0.29, 0.717) is 10.6 Å². The van der Waals surface area contributed by atoms with Gasteiger partial charge in [-0.15, -0.1) is 0 Å². The number of carbonyl (C=O) groups excluding carboxylic acids is 1. The van der Waals surface area contributed by atoms with E-state index in [4.69, 9.17) is 22.4 Å². The standard InChI is InChI=1S/C11H13ClN2O3/c1-6(11(16)17)14(2)10(15)7-3-4-8(12)9(13)5-7/h3-6H,13H2,1-2H3,(H,16,17). The molecule has 0 fully saturated rings. The molecule has 0 bridgehead atoms. The van der Waals surface area contributed by atoms with Gasteiger partial charge in [-0.25, -0.2) is 4.79 Å². The lowest BCUT2D eigenvalue weighted by molar-refractivity contribution is -0.141. The first-order chi connectivity index (χ1) is 7.84. The van der Waals surface area contributed by atoms with Crippen LogP contribution in [0.5, 0.6) is 0 Å². The van der Waals surface area contributed by atoms with Crippen molar-refractivity contribution in [2.75, 3.05) is 12.8 Å². The highest BCUT2D eigenvalue weighted by molar-refractivity contribution is 6.33. The number of rotatable bonds is 3. The molecular formula is C11H13ClN2O3. The third-order valence-corrected chi connectivity index (χ3v) is 2.85. The molecule has 6 heteroatoms. The SMILES string of the molecule is CC(C(=O)O)N(C)C(=O)c1ccc(Cl)c(N)c1. The van der Waals surface area contributed by atoms with Gasteiger partial charge in [0, 0.05) is 12.6 Å². The molecule has 1 unspecified atom stereocenters. The van der Waals surface area contributed by atoms with E-state index in [0.717, 1.165) is 4.90 Å². The van der Waals surface area contributed by atoms with Gasteiger partial charge in [0.25, 0.3) is 5.91 Å². The predicted octanol–water partition coefficient (Wildman–Crippen LogP) is 1.47. The van der Waals surface area contributed by atoms with Crippen LogP contribution in [0.4, 0.5) is 5.69 Å². The number of halogens is 1. The van der Waals surface area contributed by atoms with Crippen LogP contribution in [0.3, 0.4) is 0 Å². The summed E-state index contributed by atoms with van der Waals surface area (Å²) < 4.78 is 0. The minimum atomic E-state index is -1.07. The van der Waals surface area contributed by atoms with Crippen molar-refractivity contribution in [1.82, 2.24) is 4.90 Å². The Kier molecular flexibility index (Phi) is 3.96. The molecule has 0 aliphatic carbocycles. The van der Waals surface area contributed by atoms with E-state index in [9.17, 15) is 9.59 Å². The number of amides is 1. The number of carboxylic acid groups (broad SMARTS) is 1. The van der Waals surface area contributed by atoms with Crippen LogP contribution >= 0.6 is 11.6 Å². The van der Waals surface area contributed by atoms with Crippen LogP contribution in [-0.4, -0.2) is 35.0 Å². The molecule has 0 spiro atoms. The Morgan fingerprint density at radius 3 is 2.53 bits per heavy atom. The number of nitrogens with zero attached hydrogens (tertiary/aromatic N) is 1. The second kappa shape index (κ2) is 5.05. The zero-order valence-electron chi connectivity index (χ0n) is 9.48. The fourth-order valence-electron chi connectivity index (χ4n) is 1.22. The van der Waals surface area contributed by atoms with Gasteiger partial charge in [0.05, 0.1) is 10.7 Å². The molecule has 0 heterocycles. The van der Waals surface area contributed by atoms with Crippen LogP contribution < -0.4 is 5.73 Å². The summed E-state index contributed by atoms with van der Waals surface area (Å²) in [6.45, 7) is 1.43. The Morgan fingerprint density at radius 2 is 2.06 bits per heavy atom. The van der Waals surface area contributed by atoms with Crippen LogP contribution in [0.2, 0.25) is 5.02 Å². The summed E-state index contributed by atoms with van der Waals surface area (Å²) in [4.78, 5) is 23.8. The van der Waals surface area contributed by atoms with Crippen molar-refractivity contribution in [2.24, 2.45) is 0 Å². The third kappa shape index (κ3) is 2.88. The Hall–Kier alpha value is -1.75. The normalized spacial score (nSPS) is 11.9. The van der Waals surface area contributed by atoms with Crippen LogP contribution in [-0.2, 0) is 4.79 Å². The minimum Gasteiger partial charge on any atom is -0.480 e. The number of carboxylic acids is 1. The maximum atomic E-state index is 11.9. The summed E-state index contributed by atoms with van der Waals surface area (Å²) in [5.41, 5.74) is 6.17. The van der Waals surface area contributed by atoms with Gasteiger partial charge in [-0.05, 0) is 25.1 Å². The molecule has 0 radical (unpaired) electrons. The number of nitrogens with two attached hydrogens (primary N) is 1. The highest BCUT2D eigenvalue weighted by Crippen LogP contribution is 2.20. The fraction of sp³-hybridized carbons (Fsp3) is 0.273. The first kappa shape index (κ1) is 13.3. The molecule has 0 saturated heterocycles. The first-order valence-corrected chi connectivity index (χ1v) is 5.27. The monoisotopic (exact) mass is 256 g/mol. The van der Waals surface area contributed by atoms with Gasteiger partial charge in [-0.1, -0.05) is 11.6 Å². The van der Waals surface area contributed by atoms with Crippen molar-refractivity contribution < 1.29 is 14.7 Å². The van der Waals surface area contributed by atoms with E-state index < -0.39 is 17.9 Å². The third-order valence-electron chi connectivity index (χ3n) is 2.50. The molecule has 1 aromatic rings. The zero-order valence-corrected chi connectivity index (χ0v) is 10.2. The number of likely N-dealkylation sites (N-methyl/N-ethyl adjacent to an activating group) is 1.